The molecule has 184 valence electrons. The van der Waals surface area contributed by atoms with E-state index in [0.717, 1.165) is 37.4 Å². The molecule has 7 nitrogen and oxygen atoms in total. The molecule has 1 fully saturated rings. The van der Waals surface area contributed by atoms with Crippen LogP contribution in [-0.4, -0.2) is 31.7 Å². The number of hydrogen-bond donors (Lipinski definition) is 2. The standard InChI is InChI=1S/C27H37N3O4/c1-6-33-22-14-12-21(13-15-22)28-27(32)29-25-23(30(16-18(2)3)17-19(4)5)8-7-9-24(25)34-26(31)20-10-11-20/h7-9,12-15,18-20H,6,10-11,16-17H2,1-5H3,(H2,28,29,32). The zero-order valence-electron chi connectivity index (χ0n) is 20.9. The van der Waals surface area contributed by atoms with Crippen LogP contribution < -0.4 is 25.0 Å². The maximum Gasteiger partial charge on any atom is 0.323 e. The van der Waals surface area contributed by atoms with E-state index in [0.29, 0.717) is 35.6 Å². The Morgan fingerprint density at radius 1 is 0.971 bits per heavy atom. The van der Waals surface area contributed by atoms with Gasteiger partial charge in [-0.2, -0.15) is 0 Å². The lowest BCUT2D eigenvalue weighted by molar-refractivity contribution is -0.135. The Balaban J connectivity index is 1.87. The summed E-state index contributed by atoms with van der Waals surface area (Å²) in [5.74, 6) is 1.66. The second-order valence-corrected chi connectivity index (χ2v) is 9.57. The van der Waals surface area contributed by atoms with E-state index in [2.05, 4.69) is 43.2 Å². The summed E-state index contributed by atoms with van der Waals surface area (Å²) >= 11 is 0. The fraction of sp³-hybridized carbons (Fsp3) is 0.481. The van der Waals surface area contributed by atoms with Gasteiger partial charge in [-0.05, 0) is 68.0 Å². The van der Waals surface area contributed by atoms with Gasteiger partial charge in [0.2, 0.25) is 0 Å². The van der Waals surface area contributed by atoms with Crippen LogP contribution in [0.15, 0.2) is 42.5 Å². The van der Waals surface area contributed by atoms with Crippen molar-refractivity contribution in [2.24, 2.45) is 17.8 Å². The summed E-state index contributed by atoms with van der Waals surface area (Å²) in [6, 6.07) is 12.3. The first-order valence-electron chi connectivity index (χ1n) is 12.2. The second kappa shape index (κ2) is 11.8. The molecule has 0 unspecified atom stereocenters. The van der Waals surface area contributed by atoms with Crippen molar-refractivity contribution < 1.29 is 19.1 Å². The van der Waals surface area contributed by atoms with E-state index in [1.54, 1.807) is 18.2 Å². The van der Waals surface area contributed by atoms with E-state index >= 15 is 0 Å². The van der Waals surface area contributed by atoms with Gasteiger partial charge in [-0.15, -0.1) is 0 Å². The van der Waals surface area contributed by atoms with Gasteiger partial charge in [0.05, 0.1) is 18.2 Å². The molecule has 0 heterocycles. The number of ether oxygens (including phenoxy) is 2. The molecule has 1 saturated carbocycles. The van der Waals surface area contributed by atoms with E-state index in [-0.39, 0.29) is 11.9 Å². The van der Waals surface area contributed by atoms with Gasteiger partial charge in [-0.25, -0.2) is 4.79 Å². The van der Waals surface area contributed by atoms with Gasteiger partial charge in [0, 0.05) is 18.8 Å². The summed E-state index contributed by atoms with van der Waals surface area (Å²) in [4.78, 5) is 27.7. The second-order valence-electron chi connectivity index (χ2n) is 9.57. The minimum atomic E-state index is -0.408. The minimum Gasteiger partial charge on any atom is -0.494 e. The summed E-state index contributed by atoms with van der Waals surface area (Å²) in [7, 11) is 0. The Labute approximate surface area is 202 Å². The highest BCUT2D eigenvalue weighted by Crippen LogP contribution is 2.38. The van der Waals surface area contributed by atoms with E-state index in [1.807, 2.05) is 31.2 Å². The van der Waals surface area contributed by atoms with Crippen LogP contribution >= 0.6 is 0 Å². The first kappa shape index (κ1) is 25.4. The zero-order chi connectivity index (χ0) is 24.7. The average molecular weight is 468 g/mol. The molecule has 7 heteroatoms. The maximum atomic E-state index is 13.0. The average Bonchev–Trinajstić information content (AvgIpc) is 3.61. The summed E-state index contributed by atoms with van der Waals surface area (Å²) in [5.41, 5.74) is 1.97. The highest BCUT2D eigenvalue weighted by atomic mass is 16.5. The van der Waals surface area contributed by atoms with Crippen molar-refractivity contribution in [1.82, 2.24) is 0 Å². The van der Waals surface area contributed by atoms with Gasteiger partial charge in [0.15, 0.2) is 5.75 Å². The molecule has 2 amide bonds. The number of carbonyl (C=O) groups is 2. The van der Waals surface area contributed by atoms with Gasteiger partial charge < -0.3 is 25.0 Å². The zero-order valence-corrected chi connectivity index (χ0v) is 20.9. The normalized spacial score (nSPS) is 13.0. The van der Waals surface area contributed by atoms with E-state index < -0.39 is 6.03 Å². The molecule has 0 radical (unpaired) electrons. The van der Waals surface area contributed by atoms with Crippen LogP contribution in [0.4, 0.5) is 21.9 Å². The summed E-state index contributed by atoms with van der Waals surface area (Å²) in [5, 5.41) is 5.82. The lowest BCUT2D eigenvalue weighted by atomic mass is 10.1. The highest BCUT2D eigenvalue weighted by molar-refractivity contribution is 6.03. The van der Waals surface area contributed by atoms with Crippen molar-refractivity contribution in [3.05, 3.63) is 42.5 Å². The first-order valence-corrected chi connectivity index (χ1v) is 12.2. The number of nitrogens with one attached hydrogen (secondary N) is 2. The van der Waals surface area contributed by atoms with Crippen LogP contribution in [0.2, 0.25) is 0 Å². The Hall–Kier alpha value is -3.22. The van der Waals surface area contributed by atoms with Crippen LogP contribution in [-0.2, 0) is 4.79 Å². The molecule has 2 aromatic rings. The molecule has 0 spiro atoms. The number of para-hydroxylation sites is 1. The van der Waals surface area contributed by atoms with Gasteiger partial charge in [0.25, 0.3) is 0 Å². The van der Waals surface area contributed by atoms with Crippen LogP contribution in [0.25, 0.3) is 0 Å². The number of nitrogens with zero attached hydrogens (tertiary/aromatic N) is 1. The summed E-state index contributed by atoms with van der Waals surface area (Å²) < 4.78 is 11.2. The third kappa shape index (κ3) is 7.40. The topological polar surface area (TPSA) is 79.9 Å². The maximum absolute atomic E-state index is 13.0. The summed E-state index contributed by atoms with van der Waals surface area (Å²) in [6.45, 7) is 12.8. The van der Waals surface area contributed by atoms with Crippen molar-refractivity contribution in [2.75, 3.05) is 35.2 Å². The monoisotopic (exact) mass is 467 g/mol. The van der Waals surface area contributed by atoms with Gasteiger partial charge in [0.1, 0.15) is 11.4 Å². The number of amides is 2. The predicted octanol–water partition coefficient (Wildman–Crippen LogP) is 6.16. The molecule has 3 rings (SSSR count). The van der Waals surface area contributed by atoms with Gasteiger partial charge in [-0.1, -0.05) is 33.8 Å². The lowest BCUT2D eigenvalue weighted by Gasteiger charge is -2.31. The van der Waals surface area contributed by atoms with Crippen molar-refractivity contribution >= 4 is 29.1 Å². The van der Waals surface area contributed by atoms with Crippen molar-refractivity contribution in [3.8, 4) is 11.5 Å². The van der Waals surface area contributed by atoms with Crippen LogP contribution in [0.5, 0.6) is 11.5 Å². The minimum absolute atomic E-state index is 0.0448. The third-order valence-electron chi connectivity index (χ3n) is 5.30. The Morgan fingerprint density at radius 2 is 1.62 bits per heavy atom. The SMILES string of the molecule is CCOc1ccc(NC(=O)Nc2c(OC(=O)C3CC3)cccc2N(CC(C)C)CC(C)C)cc1. The Morgan fingerprint density at radius 3 is 2.18 bits per heavy atom. The molecule has 1 aliphatic rings. The number of rotatable bonds is 11. The third-order valence-corrected chi connectivity index (χ3v) is 5.30. The molecule has 0 aromatic heterocycles. The largest absolute Gasteiger partial charge is 0.494 e. The molecule has 0 saturated heterocycles. The predicted molar refractivity (Wildman–Crippen MR) is 137 cm³/mol. The van der Waals surface area contributed by atoms with Crippen molar-refractivity contribution in [1.29, 1.82) is 0 Å². The Kier molecular flexibility index (Phi) is 8.79. The molecule has 1 aliphatic carbocycles. The Bertz CT molecular complexity index is 958. The van der Waals surface area contributed by atoms with E-state index in [4.69, 9.17) is 9.47 Å². The number of urea groups is 1. The number of esters is 1. The molecule has 0 aliphatic heterocycles. The van der Waals surface area contributed by atoms with Crippen LogP contribution in [0.3, 0.4) is 0 Å². The fourth-order valence-corrected chi connectivity index (χ4v) is 3.73. The van der Waals surface area contributed by atoms with Gasteiger partial charge in [-0.3, -0.25) is 4.79 Å². The number of hydrogen-bond acceptors (Lipinski definition) is 5. The fourth-order valence-electron chi connectivity index (χ4n) is 3.73. The molecule has 34 heavy (non-hydrogen) atoms. The van der Waals surface area contributed by atoms with Crippen LogP contribution in [0, 0.1) is 17.8 Å². The molecule has 2 N–H and O–H groups in total. The van der Waals surface area contributed by atoms with Crippen LogP contribution in [0.1, 0.15) is 47.5 Å². The summed E-state index contributed by atoms with van der Waals surface area (Å²) in [6.07, 6.45) is 1.71. The van der Waals surface area contributed by atoms with Gasteiger partial charge >= 0.3 is 12.0 Å². The highest BCUT2D eigenvalue weighted by Gasteiger charge is 2.32. The number of anilines is 3. The first-order chi connectivity index (χ1) is 16.3. The molecular formula is C27H37N3O4. The lowest BCUT2D eigenvalue weighted by Crippen LogP contribution is -2.33. The smallest absolute Gasteiger partial charge is 0.323 e. The molecular weight excluding hydrogens is 430 g/mol. The van der Waals surface area contributed by atoms with E-state index in [1.165, 1.54) is 0 Å². The number of carbonyl (C=O) groups excluding carboxylic acids is 2. The van der Waals surface area contributed by atoms with Crippen molar-refractivity contribution in [2.45, 2.75) is 47.5 Å². The molecule has 0 atom stereocenters. The van der Waals surface area contributed by atoms with Crippen molar-refractivity contribution in [3.63, 3.8) is 0 Å². The van der Waals surface area contributed by atoms with E-state index in [9.17, 15) is 9.59 Å². The number of benzene rings is 2. The molecule has 2 aromatic carbocycles. The molecule has 0 bridgehead atoms. The quantitative estimate of drug-likeness (QED) is 0.305.